The van der Waals surface area contributed by atoms with Crippen LogP contribution < -0.4 is 11.3 Å². The molecule has 0 aliphatic heterocycles. The lowest BCUT2D eigenvalue weighted by Gasteiger charge is -2.10. The molecule has 0 atom stereocenters. The summed E-state index contributed by atoms with van der Waals surface area (Å²) >= 11 is 0. The van der Waals surface area contributed by atoms with Crippen molar-refractivity contribution in [3.05, 3.63) is 58.8 Å². The molecule has 0 aliphatic carbocycles. The first-order valence-electron chi connectivity index (χ1n) is 7.95. The number of alkyl halides is 3. The minimum Gasteiger partial charge on any atom is -0.366 e. The highest BCUT2D eigenvalue weighted by atomic mass is 19.4. The second-order valence-electron chi connectivity index (χ2n) is 5.91. The molecule has 3 aromatic rings. The van der Waals surface area contributed by atoms with Crippen molar-refractivity contribution in [2.75, 3.05) is 0 Å². The molecule has 27 heavy (non-hydrogen) atoms. The number of nitrogens with one attached hydrogen (secondary N) is 1. The molecule has 0 fully saturated rings. The Labute approximate surface area is 151 Å². The average Bonchev–Trinajstić information content (AvgIpc) is 3.00. The van der Waals surface area contributed by atoms with Crippen LogP contribution in [-0.2, 0) is 11.3 Å². The summed E-state index contributed by atoms with van der Waals surface area (Å²) in [7, 11) is 0. The Kier molecular flexibility index (Phi) is 4.85. The van der Waals surface area contributed by atoms with Crippen molar-refractivity contribution in [1.29, 1.82) is 0 Å². The van der Waals surface area contributed by atoms with E-state index < -0.39 is 30.6 Å². The van der Waals surface area contributed by atoms with E-state index in [4.69, 9.17) is 5.73 Å². The predicted molar refractivity (Wildman–Crippen MR) is 94.7 cm³/mol. The summed E-state index contributed by atoms with van der Waals surface area (Å²) < 4.78 is 38.3. The van der Waals surface area contributed by atoms with Gasteiger partial charge in [0.25, 0.3) is 5.56 Å². The van der Waals surface area contributed by atoms with E-state index in [2.05, 4.69) is 9.97 Å². The van der Waals surface area contributed by atoms with Gasteiger partial charge in [-0.2, -0.15) is 13.2 Å². The zero-order valence-electron chi connectivity index (χ0n) is 14.0. The predicted octanol–water partition coefficient (Wildman–Crippen LogP) is 2.84. The maximum absolute atomic E-state index is 12.4. The highest BCUT2D eigenvalue weighted by Crippen LogP contribution is 2.25. The van der Waals surface area contributed by atoms with Crippen LogP contribution in [0.15, 0.2) is 47.7 Å². The van der Waals surface area contributed by atoms with Gasteiger partial charge in [-0.15, -0.1) is 0 Å². The van der Waals surface area contributed by atoms with Crippen LogP contribution >= 0.6 is 0 Å². The van der Waals surface area contributed by atoms with Crippen molar-refractivity contribution in [3.8, 4) is 11.1 Å². The van der Waals surface area contributed by atoms with Gasteiger partial charge < -0.3 is 15.3 Å². The first-order valence-corrected chi connectivity index (χ1v) is 7.95. The van der Waals surface area contributed by atoms with E-state index in [-0.39, 0.29) is 0 Å². The number of primary amides is 1. The van der Waals surface area contributed by atoms with Crippen LogP contribution in [0.5, 0.6) is 0 Å². The molecule has 0 aromatic carbocycles. The van der Waals surface area contributed by atoms with Gasteiger partial charge in [-0.25, -0.2) is 4.98 Å². The molecule has 3 N–H and O–H groups in total. The third-order valence-corrected chi connectivity index (χ3v) is 3.94. The molecule has 3 aromatic heterocycles. The Balaban J connectivity index is 1.98. The van der Waals surface area contributed by atoms with Gasteiger partial charge in [0, 0.05) is 53.8 Å². The quantitative estimate of drug-likeness (QED) is 0.671. The SMILES string of the molecule is NC(=O)/C=C/c1c[nH]c2ncc(-c3ccc(=O)n(CCC(F)(F)F)c3)cc12. The van der Waals surface area contributed by atoms with Crippen molar-refractivity contribution >= 4 is 23.0 Å². The van der Waals surface area contributed by atoms with Gasteiger partial charge in [0.15, 0.2) is 0 Å². The Morgan fingerprint density at radius 1 is 1.30 bits per heavy atom. The number of aromatic nitrogens is 3. The summed E-state index contributed by atoms with van der Waals surface area (Å²) in [4.78, 5) is 30.0. The maximum atomic E-state index is 12.4. The highest BCUT2D eigenvalue weighted by molar-refractivity contribution is 5.95. The summed E-state index contributed by atoms with van der Waals surface area (Å²) in [5, 5.41) is 0.707. The van der Waals surface area contributed by atoms with E-state index in [9.17, 15) is 22.8 Å². The third-order valence-electron chi connectivity index (χ3n) is 3.94. The zero-order valence-corrected chi connectivity index (χ0v) is 14.0. The minimum atomic E-state index is -4.34. The van der Waals surface area contributed by atoms with Crippen LogP contribution in [0.2, 0.25) is 0 Å². The third kappa shape index (κ3) is 4.43. The van der Waals surface area contributed by atoms with E-state index >= 15 is 0 Å². The zero-order chi connectivity index (χ0) is 19.6. The van der Waals surface area contributed by atoms with Gasteiger partial charge in [0.05, 0.1) is 6.42 Å². The molecular weight excluding hydrogens is 361 g/mol. The van der Waals surface area contributed by atoms with Gasteiger partial charge in [-0.3, -0.25) is 9.59 Å². The molecule has 9 heteroatoms. The number of carbonyl (C=O) groups is 1. The summed E-state index contributed by atoms with van der Waals surface area (Å²) in [6.45, 7) is -0.456. The van der Waals surface area contributed by atoms with Gasteiger partial charge in [-0.05, 0) is 23.8 Å². The lowest BCUT2D eigenvalue weighted by atomic mass is 10.1. The summed E-state index contributed by atoms with van der Waals surface area (Å²) in [5.41, 5.74) is 7.03. The van der Waals surface area contributed by atoms with Crippen LogP contribution in [-0.4, -0.2) is 26.6 Å². The second kappa shape index (κ2) is 7.10. The molecule has 1 amide bonds. The summed E-state index contributed by atoms with van der Waals surface area (Å²) in [5.74, 6) is -0.592. The fraction of sp³-hybridized carbons (Fsp3) is 0.167. The molecule has 6 nitrogen and oxygen atoms in total. The van der Waals surface area contributed by atoms with Crippen LogP contribution in [0.1, 0.15) is 12.0 Å². The molecule has 0 aliphatic rings. The number of rotatable bonds is 5. The molecule has 0 saturated carbocycles. The second-order valence-corrected chi connectivity index (χ2v) is 5.91. The van der Waals surface area contributed by atoms with Crippen molar-refractivity contribution in [3.63, 3.8) is 0 Å². The standard InChI is InChI=1S/C18H15F3N4O2/c19-18(20,21)5-6-25-10-12(2-4-16(25)27)13-7-14-11(1-3-15(22)26)8-23-17(14)24-9-13/h1-4,7-10H,5-6H2,(H2,22,26)(H,23,24)/b3-1+. The first kappa shape index (κ1) is 18.4. The topological polar surface area (TPSA) is 93.8 Å². The van der Waals surface area contributed by atoms with Gasteiger partial charge >= 0.3 is 6.18 Å². The van der Waals surface area contributed by atoms with E-state index in [1.165, 1.54) is 30.5 Å². The number of hydrogen-bond donors (Lipinski definition) is 2. The maximum Gasteiger partial charge on any atom is 0.390 e. The normalized spacial score (nSPS) is 12.1. The number of nitrogens with two attached hydrogens (primary N) is 1. The lowest BCUT2D eigenvalue weighted by Crippen LogP contribution is -2.22. The van der Waals surface area contributed by atoms with Crippen molar-refractivity contribution < 1.29 is 18.0 Å². The fourth-order valence-corrected chi connectivity index (χ4v) is 2.62. The van der Waals surface area contributed by atoms with Gasteiger partial charge in [-0.1, -0.05) is 0 Å². The molecule has 0 unspecified atom stereocenters. The molecule has 0 spiro atoms. The summed E-state index contributed by atoms with van der Waals surface area (Å²) in [6.07, 6.45) is 1.90. The van der Waals surface area contributed by atoms with E-state index in [0.29, 0.717) is 27.7 Å². The van der Waals surface area contributed by atoms with Crippen LogP contribution in [0, 0.1) is 0 Å². The average molecular weight is 376 g/mol. The van der Waals surface area contributed by atoms with Crippen LogP contribution in [0.25, 0.3) is 28.2 Å². The number of aryl methyl sites for hydroxylation is 1. The van der Waals surface area contributed by atoms with E-state index in [1.54, 1.807) is 18.5 Å². The van der Waals surface area contributed by atoms with E-state index in [0.717, 1.165) is 4.57 Å². The van der Waals surface area contributed by atoms with Gasteiger partial charge in [0.1, 0.15) is 5.65 Å². The highest BCUT2D eigenvalue weighted by Gasteiger charge is 2.26. The first-order chi connectivity index (χ1) is 12.7. The number of nitrogens with zero attached hydrogens (tertiary/aromatic N) is 2. The molecule has 140 valence electrons. The number of carbonyl (C=O) groups excluding carboxylic acids is 1. The summed E-state index contributed by atoms with van der Waals surface area (Å²) in [6, 6.07) is 4.52. The monoisotopic (exact) mass is 376 g/mol. The molecule has 0 radical (unpaired) electrons. The van der Waals surface area contributed by atoms with Crippen LogP contribution in [0.4, 0.5) is 13.2 Å². The number of hydrogen-bond acceptors (Lipinski definition) is 3. The smallest absolute Gasteiger partial charge is 0.366 e. The Bertz CT molecular complexity index is 1080. The number of fused-ring (bicyclic) bond motifs is 1. The van der Waals surface area contributed by atoms with E-state index in [1.807, 2.05) is 0 Å². The molecule has 3 rings (SSSR count). The number of pyridine rings is 2. The minimum absolute atomic E-state index is 0.456. The molecule has 0 bridgehead atoms. The number of halogens is 3. The Morgan fingerprint density at radius 3 is 2.78 bits per heavy atom. The Hall–Kier alpha value is -3.36. The van der Waals surface area contributed by atoms with Crippen LogP contribution in [0.3, 0.4) is 0 Å². The van der Waals surface area contributed by atoms with Crippen molar-refractivity contribution in [2.45, 2.75) is 19.1 Å². The van der Waals surface area contributed by atoms with Gasteiger partial charge in [0.2, 0.25) is 5.91 Å². The molecule has 3 heterocycles. The van der Waals surface area contributed by atoms with Crippen molar-refractivity contribution in [2.24, 2.45) is 5.73 Å². The fourth-order valence-electron chi connectivity index (χ4n) is 2.62. The number of amides is 1. The lowest BCUT2D eigenvalue weighted by molar-refractivity contribution is -0.136. The Morgan fingerprint density at radius 2 is 2.07 bits per heavy atom. The van der Waals surface area contributed by atoms with Crippen molar-refractivity contribution in [1.82, 2.24) is 14.5 Å². The molecular formula is C18H15F3N4O2. The number of aromatic amines is 1. The number of H-pyrrole nitrogens is 1. The molecule has 0 saturated heterocycles. The largest absolute Gasteiger partial charge is 0.390 e.